The smallest absolute Gasteiger partial charge is 0.178 e. The fourth-order valence-electron chi connectivity index (χ4n) is 1.67. The third kappa shape index (κ3) is 1.85. The van der Waals surface area contributed by atoms with E-state index in [1.165, 1.54) is 0 Å². The van der Waals surface area contributed by atoms with Crippen molar-refractivity contribution < 1.29 is 5.11 Å². The van der Waals surface area contributed by atoms with E-state index in [1.807, 2.05) is 13.0 Å². The van der Waals surface area contributed by atoms with Gasteiger partial charge in [0.05, 0.1) is 5.52 Å². The number of imidazole rings is 1. The van der Waals surface area contributed by atoms with Gasteiger partial charge in [-0.2, -0.15) is 0 Å². The molecular formula is C11H15N3O. The molecule has 2 aromatic rings. The topological polar surface area (TPSA) is 61.8 Å². The molecule has 2 aromatic heterocycles. The van der Waals surface area contributed by atoms with Gasteiger partial charge in [0.1, 0.15) is 5.82 Å². The summed E-state index contributed by atoms with van der Waals surface area (Å²) in [5.41, 5.74) is 3.80. The number of aliphatic hydroxyl groups is 1. The molecule has 0 spiro atoms. The molecule has 2 rings (SSSR count). The number of nitrogens with one attached hydrogen (secondary N) is 1. The molecular weight excluding hydrogens is 190 g/mol. The normalized spacial score (nSPS) is 11.1. The lowest BCUT2D eigenvalue weighted by Crippen LogP contribution is -1.96. The van der Waals surface area contributed by atoms with Crippen LogP contribution < -0.4 is 0 Å². The van der Waals surface area contributed by atoms with Crippen molar-refractivity contribution in [3.63, 3.8) is 0 Å². The Morgan fingerprint density at radius 2 is 2.20 bits per heavy atom. The average molecular weight is 205 g/mol. The zero-order valence-corrected chi connectivity index (χ0v) is 9.04. The molecule has 0 atom stereocenters. The predicted molar refractivity (Wildman–Crippen MR) is 58.8 cm³/mol. The fraction of sp³-hybridized carbons (Fsp3) is 0.455. The number of aliphatic hydroxyl groups excluding tert-OH is 1. The summed E-state index contributed by atoms with van der Waals surface area (Å²) in [6.45, 7) is 4.22. The molecule has 0 aliphatic rings. The van der Waals surface area contributed by atoms with Crippen molar-refractivity contribution in [1.29, 1.82) is 0 Å². The summed E-state index contributed by atoms with van der Waals surface area (Å²) >= 11 is 0. The second kappa shape index (κ2) is 3.98. The van der Waals surface area contributed by atoms with Gasteiger partial charge in [-0.25, -0.2) is 9.97 Å². The van der Waals surface area contributed by atoms with Crippen LogP contribution in [0.1, 0.15) is 24.0 Å². The third-order valence-corrected chi connectivity index (χ3v) is 2.46. The Morgan fingerprint density at radius 1 is 1.40 bits per heavy atom. The number of aromatic nitrogens is 3. The number of hydrogen-bond acceptors (Lipinski definition) is 3. The molecule has 0 fully saturated rings. The molecule has 15 heavy (non-hydrogen) atoms. The van der Waals surface area contributed by atoms with Crippen molar-refractivity contribution in [2.24, 2.45) is 0 Å². The van der Waals surface area contributed by atoms with Crippen LogP contribution >= 0.6 is 0 Å². The van der Waals surface area contributed by atoms with Crippen LogP contribution in [0.4, 0.5) is 0 Å². The van der Waals surface area contributed by atoms with Crippen molar-refractivity contribution in [3.8, 4) is 0 Å². The number of aryl methyl sites for hydroxylation is 2. The highest BCUT2D eigenvalue weighted by Gasteiger charge is 2.07. The molecule has 0 aliphatic heterocycles. The Hall–Kier alpha value is -1.42. The molecule has 4 nitrogen and oxygen atoms in total. The largest absolute Gasteiger partial charge is 0.396 e. The number of nitrogens with zero attached hydrogens (tertiary/aromatic N) is 2. The molecule has 4 heteroatoms. The molecule has 0 amide bonds. The Balaban J connectivity index is 2.54. The minimum Gasteiger partial charge on any atom is -0.396 e. The first-order valence-electron chi connectivity index (χ1n) is 5.20. The number of pyridine rings is 1. The third-order valence-electron chi connectivity index (χ3n) is 2.46. The number of fused-ring (bicyclic) bond motifs is 1. The first kappa shape index (κ1) is 10.1. The van der Waals surface area contributed by atoms with Gasteiger partial charge in [-0.05, 0) is 18.6 Å². The van der Waals surface area contributed by atoms with E-state index in [1.54, 1.807) is 0 Å². The SMILES string of the molecule is CCc1nc2nc(CCO)cc(C)c2[nH]1. The molecule has 2 heterocycles. The van der Waals surface area contributed by atoms with Crippen LogP contribution in [0.25, 0.3) is 11.2 Å². The fourth-order valence-corrected chi connectivity index (χ4v) is 1.67. The summed E-state index contributed by atoms with van der Waals surface area (Å²) in [5, 5.41) is 8.87. The van der Waals surface area contributed by atoms with Gasteiger partial charge in [0.2, 0.25) is 0 Å². The van der Waals surface area contributed by atoms with Gasteiger partial charge in [0, 0.05) is 25.1 Å². The van der Waals surface area contributed by atoms with Crippen molar-refractivity contribution in [2.45, 2.75) is 26.7 Å². The van der Waals surface area contributed by atoms with Gasteiger partial charge in [0.15, 0.2) is 5.65 Å². The van der Waals surface area contributed by atoms with E-state index in [2.05, 4.69) is 21.9 Å². The van der Waals surface area contributed by atoms with Crippen LogP contribution in [0.5, 0.6) is 0 Å². The number of rotatable bonds is 3. The maximum absolute atomic E-state index is 8.87. The quantitative estimate of drug-likeness (QED) is 0.795. The van der Waals surface area contributed by atoms with E-state index in [-0.39, 0.29) is 6.61 Å². The Labute approximate surface area is 88.4 Å². The molecule has 0 saturated carbocycles. The van der Waals surface area contributed by atoms with Crippen molar-refractivity contribution in [2.75, 3.05) is 6.61 Å². The van der Waals surface area contributed by atoms with Gasteiger partial charge in [-0.15, -0.1) is 0 Å². The number of aromatic amines is 1. The highest BCUT2D eigenvalue weighted by atomic mass is 16.3. The molecule has 0 radical (unpaired) electrons. The van der Waals surface area contributed by atoms with Crippen LogP contribution in [0.15, 0.2) is 6.07 Å². The number of hydrogen-bond donors (Lipinski definition) is 2. The minimum absolute atomic E-state index is 0.128. The van der Waals surface area contributed by atoms with Gasteiger partial charge in [0.25, 0.3) is 0 Å². The Morgan fingerprint density at radius 3 is 2.87 bits per heavy atom. The van der Waals surface area contributed by atoms with Gasteiger partial charge in [-0.1, -0.05) is 6.92 Å². The van der Waals surface area contributed by atoms with Crippen LogP contribution in [-0.4, -0.2) is 26.7 Å². The Bertz CT molecular complexity index is 476. The highest BCUT2D eigenvalue weighted by molar-refractivity contribution is 5.74. The van der Waals surface area contributed by atoms with E-state index in [0.29, 0.717) is 6.42 Å². The lowest BCUT2D eigenvalue weighted by atomic mass is 10.2. The van der Waals surface area contributed by atoms with Gasteiger partial charge in [-0.3, -0.25) is 0 Å². The monoisotopic (exact) mass is 205 g/mol. The van der Waals surface area contributed by atoms with Crippen LogP contribution in [0, 0.1) is 6.92 Å². The summed E-state index contributed by atoms with van der Waals surface area (Å²) in [7, 11) is 0. The lowest BCUT2D eigenvalue weighted by molar-refractivity contribution is 0.298. The standard InChI is InChI=1S/C11H15N3O/c1-3-9-13-10-7(2)6-8(4-5-15)12-11(10)14-9/h6,15H,3-5H2,1-2H3,(H,12,13,14). The molecule has 0 unspecified atom stereocenters. The molecule has 2 N–H and O–H groups in total. The first-order chi connectivity index (χ1) is 7.24. The molecule has 0 saturated heterocycles. The highest BCUT2D eigenvalue weighted by Crippen LogP contribution is 2.15. The van der Waals surface area contributed by atoms with Crippen LogP contribution in [-0.2, 0) is 12.8 Å². The zero-order chi connectivity index (χ0) is 10.8. The van der Waals surface area contributed by atoms with E-state index in [0.717, 1.165) is 34.7 Å². The lowest BCUT2D eigenvalue weighted by Gasteiger charge is -1.99. The summed E-state index contributed by atoms with van der Waals surface area (Å²) in [5.74, 6) is 0.960. The molecule has 0 aromatic carbocycles. The second-order valence-electron chi connectivity index (χ2n) is 3.64. The van der Waals surface area contributed by atoms with Crippen molar-refractivity contribution in [1.82, 2.24) is 15.0 Å². The maximum atomic E-state index is 8.87. The Kier molecular flexibility index (Phi) is 2.68. The van der Waals surface area contributed by atoms with Crippen LogP contribution in [0.3, 0.4) is 0 Å². The van der Waals surface area contributed by atoms with Crippen LogP contribution in [0.2, 0.25) is 0 Å². The average Bonchev–Trinajstić information content (AvgIpc) is 2.62. The summed E-state index contributed by atoms with van der Waals surface area (Å²) < 4.78 is 0. The maximum Gasteiger partial charge on any atom is 0.178 e. The van der Waals surface area contributed by atoms with Crippen molar-refractivity contribution in [3.05, 3.63) is 23.1 Å². The number of H-pyrrole nitrogens is 1. The van der Waals surface area contributed by atoms with Gasteiger partial charge < -0.3 is 10.1 Å². The molecule has 0 aliphatic carbocycles. The summed E-state index contributed by atoms with van der Waals surface area (Å²) in [4.78, 5) is 12.0. The second-order valence-corrected chi connectivity index (χ2v) is 3.64. The van der Waals surface area contributed by atoms with Gasteiger partial charge >= 0.3 is 0 Å². The van der Waals surface area contributed by atoms with E-state index >= 15 is 0 Å². The van der Waals surface area contributed by atoms with Crippen molar-refractivity contribution >= 4 is 11.2 Å². The van der Waals surface area contributed by atoms with E-state index in [4.69, 9.17) is 5.11 Å². The minimum atomic E-state index is 0.128. The van der Waals surface area contributed by atoms with E-state index in [9.17, 15) is 0 Å². The predicted octanol–water partition coefficient (Wildman–Crippen LogP) is 1.36. The zero-order valence-electron chi connectivity index (χ0n) is 9.04. The summed E-state index contributed by atoms with van der Waals surface area (Å²) in [6.07, 6.45) is 1.47. The molecule has 80 valence electrons. The summed E-state index contributed by atoms with van der Waals surface area (Å²) in [6, 6.07) is 2.00. The molecule has 0 bridgehead atoms. The van der Waals surface area contributed by atoms with E-state index < -0.39 is 0 Å². The first-order valence-corrected chi connectivity index (χ1v) is 5.20.